The molecule has 2 aromatic carbocycles. The summed E-state index contributed by atoms with van der Waals surface area (Å²) in [5.41, 5.74) is 2.31. The first-order valence-corrected chi connectivity index (χ1v) is 23.8. The second-order valence-corrected chi connectivity index (χ2v) is 14.6. The third-order valence-electron chi connectivity index (χ3n) is 8.54. The number of hydrogen-bond donors (Lipinski definition) is 0. The van der Waals surface area contributed by atoms with Gasteiger partial charge in [0, 0.05) is 11.6 Å². The van der Waals surface area contributed by atoms with Gasteiger partial charge >= 0.3 is 0 Å². The maximum Gasteiger partial charge on any atom is 0.119 e. The van der Waals surface area contributed by atoms with E-state index in [-0.39, 0.29) is 0 Å². The Kier molecular flexibility index (Phi) is 45.1. The molecule has 0 unspecified atom stereocenters. The van der Waals surface area contributed by atoms with Gasteiger partial charge in [0.25, 0.3) is 0 Å². The van der Waals surface area contributed by atoms with Gasteiger partial charge in [-0.05, 0) is 35.4 Å². The third-order valence-corrected chi connectivity index (χ3v) is 9.07. The molecule has 2 aromatic rings. The Labute approximate surface area is 401 Å². The highest BCUT2D eigenvalue weighted by Crippen LogP contribution is 2.24. The van der Waals surface area contributed by atoms with Gasteiger partial charge in [0.2, 0.25) is 0 Å². The van der Waals surface area contributed by atoms with E-state index in [1.807, 2.05) is 24.3 Å². The maximum absolute atomic E-state index is 5.76. The molecule has 66 heavy (non-hydrogen) atoms. The molecule has 18 nitrogen and oxygen atoms in total. The average molecular weight is 1010 g/mol. The van der Waals surface area contributed by atoms with Crippen LogP contribution in [-0.2, 0) is 80.5 Å². The van der Waals surface area contributed by atoms with Crippen molar-refractivity contribution in [3.8, 4) is 16.9 Å². The minimum atomic E-state index is 0.478. The van der Waals surface area contributed by atoms with Crippen molar-refractivity contribution in [1.82, 2.24) is 0 Å². The lowest BCUT2D eigenvalue weighted by Gasteiger charge is -2.09. The molecule has 2 rings (SSSR count). The van der Waals surface area contributed by atoms with Crippen molar-refractivity contribution in [3.05, 3.63) is 53.0 Å². The molecule has 0 fully saturated rings. The Hall–Kier alpha value is -1.96. The number of ether oxygens (including phenoxy) is 18. The molecule has 0 aliphatic heterocycles. The first-order chi connectivity index (χ1) is 32.8. The van der Waals surface area contributed by atoms with Crippen LogP contribution in [0.25, 0.3) is 11.1 Å². The summed E-state index contributed by atoms with van der Waals surface area (Å²) in [7, 11) is 1.64. The fourth-order valence-corrected chi connectivity index (χ4v) is 5.41. The van der Waals surface area contributed by atoms with Crippen LogP contribution in [-0.4, -0.2) is 232 Å². The molecule has 0 aromatic heterocycles. The van der Waals surface area contributed by atoms with Crippen LogP contribution < -0.4 is 4.74 Å². The SMILES string of the molecule is COCCOCCOCCOCCOCCOCCOCCOCCOCCOCCOCCOCCOCCOCCOCCOCCOCCOc1ccc(-c2ccc(Br)cc2)cc1. The van der Waals surface area contributed by atoms with E-state index in [1.165, 1.54) is 0 Å². The average Bonchev–Trinajstić information content (AvgIpc) is 3.33. The van der Waals surface area contributed by atoms with Crippen LogP contribution in [0.3, 0.4) is 0 Å². The van der Waals surface area contributed by atoms with Gasteiger partial charge in [0.15, 0.2) is 0 Å². The van der Waals surface area contributed by atoms with Gasteiger partial charge < -0.3 is 85.3 Å². The predicted octanol–water partition coefficient (Wildman–Crippen LogP) is 4.41. The summed E-state index contributed by atoms with van der Waals surface area (Å²) in [6.45, 7) is 17.3. The smallest absolute Gasteiger partial charge is 0.119 e. The maximum atomic E-state index is 5.76. The van der Waals surface area contributed by atoms with Crippen LogP contribution in [0.5, 0.6) is 5.75 Å². The molecule has 0 aliphatic carbocycles. The van der Waals surface area contributed by atoms with E-state index in [0.29, 0.717) is 225 Å². The molecule has 0 saturated carbocycles. The highest BCUT2D eigenvalue weighted by atomic mass is 79.9. The van der Waals surface area contributed by atoms with Crippen LogP contribution in [0, 0.1) is 0 Å². The molecule has 0 saturated heterocycles. The Morgan fingerprint density at radius 2 is 0.424 bits per heavy atom. The highest BCUT2D eigenvalue weighted by molar-refractivity contribution is 9.10. The molecular weight excluding hydrogens is 932 g/mol. The Balaban J connectivity index is 1.13. The fourth-order valence-electron chi connectivity index (χ4n) is 5.15. The van der Waals surface area contributed by atoms with Gasteiger partial charge in [-0.2, -0.15) is 0 Å². The monoisotopic (exact) mass is 1010 g/mol. The van der Waals surface area contributed by atoms with E-state index in [1.54, 1.807) is 7.11 Å². The molecular formula is C47H79BrO18. The zero-order valence-corrected chi connectivity index (χ0v) is 41.0. The molecule has 0 heterocycles. The van der Waals surface area contributed by atoms with Crippen molar-refractivity contribution in [2.24, 2.45) is 0 Å². The lowest BCUT2D eigenvalue weighted by molar-refractivity contribution is -0.0306. The molecule has 0 amide bonds. The molecule has 19 heteroatoms. The number of benzene rings is 2. The topological polar surface area (TPSA) is 166 Å². The van der Waals surface area contributed by atoms with Gasteiger partial charge in [-0.3, -0.25) is 0 Å². The van der Waals surface area contributed by atoms with E-state index < -0.39 is 0 Å². The quantitative estimate of drug-likeness (QED) is 0.0855. The van der Waals surface area contributed by atoms with Crippen LogP contribution in [0.4, 0.5) is 0 Å². The summed E-state index contributed by atoms with van der Waals surface area (Å²) in [5, 5.41) is 0. The van der Waals surface area contributed by atoms with Crippen molar-refractivity contribution in [1.29, 1.82) is 0 Å². The van der Waals surface area contributed by atoms with Crippen molar-refractivity contribution < 1.29 is 85.3 Å². The lowest BCUT2D eigenvalue weighted by atomic mass is 10.1. The van der Waals surface area contributed by atoms with E-state index in [4.69, 9.17) is 85.3 Å². The number of hydrogen-bond acceptors (Lipinski definition) is 18. The Morgan fingerprint density at radius 3 is 0.636 bits per heavy atom. The zero-order valence-electron chi connectivity index (χ0n) is 39.4. The van der Waals surface area contributed by atoms with Crippen LogP contribution in [0.2, 0.25) is 0 Å². The van der Waals surface area contributed by atoms with E-state index in [9.17, 15) is 0 Å². The van der Waals surface area contributed by atoms with Gasteiger partial charge in [-0.1, -0.05) is 40.2 Å². The molecule has 0 N–H and O–H groups in total. The number of halogens is 1. The van der Waals surface area contributed by atoms with Crippen LogP contribution in [0.1, 0.15) is 0 Å². The molecule has 0 aliphatic rings. The summed E-state index contributed by atoms with van der Waals surface area (Å²) in [6, 6.07) is 16.3. The second-order valence-electron chi connectivity index (χ2n) is 13.7. The van der Waals surface area contributed by atoms with E-state index >= 15 is 0 Å². The van der Waals surface area contributed by atoms with Crippen molar-refractivity contribution in [2.75, 3.05) is 232 Å². The summed E-state index contributed by atoms with van der Waals surface area (Å²) >= 11 is 3.47. The standard InChI is InChI=1S/C47H79BrO18/c1-49-10-11-50-12-13-51-14-15-52-16-17-53-18-19-54-20-21-55-22-23-56-24-25-57-26-27-58-28-29-59-30-31-60-32-33-61-34-35-62-36-37-63-38-39-64-40-41-65-42-43-66-47-8-4-45(5-9-47)44-2-6-46(48)7-3-44/h2-9H,10-43H2,1H3. The normalized spacial score (nSPS) is 11.5. The highest BCUT2D eigenvalue weighted by Gasteiger charge is 2.01. The van der Waals surface area contributed by atoms with Crippen LogP contribution >= 0.6 is 15.9 Å². The first-order valence-electron chi connectivity index (χ1n) is 23.0. The minimum Gasteiger partial charge on any atom is -0.491 e. The minimum absolute atomic E-state index is 0.478. The van der Waals surface area contributed by atoms with E-state index in [2.05, 4.69) is 40.2 Å². The molecule has 0 radical (unpaired) electrons. The number of methoxy groups -OCH3 is 1. The Bertz CT molecular complexity index is 1250. The third kappa shape index (κ3) is 41.1. The summed E-state index contributed by atoms with van der Waals surface area (Å²) in [6.07, 6.45) is 0. The fraction of sp³-hybridized carbons (Fsp3) is 0.745. The number of rotatable bonds is 53. The Morgan fingerprint density at radius 1 is 0.242 bits per heavy atom. The van der Waals surface area contributed by atoms with Crippen molar-refractivity contribution in [3.63, 3.8) is 0 Å². The summed E-state index contributed by atoms with van der Waals surface area (Å²) in [4.78, 5) is 0. The summed E-state index contributed by atoms with van der Waals surface area (Å²) in [5.74, 6) is 0.816. The van der Waals surface area contributed by atoms with Gasteiger partial charge in [-0.25, -0.2) is 0 Å². The van der Waals surface area contributed by atoms with E-state index in [0.717, 1.165) is 21.3 Å². The lowest BCUT2D eigenvalue weighted by Crippen LogP contribution is -2.16. The second kappa shape index (κ2) is 49.5. The first kappa shape index (κ1) is 60.2. The van der Waals surface area contributed by atoms with Gasteiger partial charge in [-0.15, -0.1) is 0 Å². The summed E-state index contributed by atoms with van der Waals surface area (Å²) < 4.78 is 99.6. The molecule has 0 spiro atoms. The molecule has 382 valence electrons. The van der Waals surface area contributed by atoms with Gasteiger partial charge in [0.05, 0.1) is 218 Å². The molecule has 0 bridgehead atoms. The van der Waals surface area contributed by atoms with Crippen molar-refractivity contribution >= 4 is 15.9 Å². The molecule has 0 atom stereocenters. The zero-order chi connectivity index (χ0) is 46.7. The van der Waals surface area contributed by atoms with Crippen LogP contribution in [0.15, 0.2) is 53.0 Å². The van der Waals surface area contributed by atoms with Crippen molar-refractivity contribution in [2.45, 2.75) is 0 Å². The van der Waals surface area contributed by atoms with Gasteiger partial charge in [0.1, 0.15) is 12.4 Å². The largest absolute Gasteiger partial charge is 0.491 e. The predicted molar refractivity (Wildman–Crippen MR) is 250 cm³/mol.